The SMILES string of the molecule is CCCCCCCCCCCCCCCCOC(=O)[C@H](C)NC(=O)OCC(C)(C)C. The van der Waals surface area contributed by atoms with Gasteiger partial charge >= 0.3 is 12.1 Å². The summed E-state index contributed by atoms with van der Waals surface area (Å²) in [5.41, 5.74) is -0.102. The van der Waals surface area contributed by atoms with Crippen LogP contribution in [0.1, 0.15) is 125 Å². The van der Waals surface area contributed by atoms with E-state index in [1.165, 1.54) is 77.0 Å². The van der Waals surface area contributed by atoms with Gasteiger partial charge < -0.3 is 14.8 Å². The van der Waals surface area contributed by atoms with Gasteiger partial charge in [-0.25, -0.2) is 9.59 Å². The van der Waals surface area contributed by atoms with E-state index in [2.05, 4.69) is 12.2 Å². The molecule has 0 aromatic heterocycles. The van der Waals surface area contributed by atoms with Crippen molar-refractivity contribution in [3.63, 3.8) is 0 Å². The molecule has 0 bridgehead atoms. The summed E-state index contributed by atoms with van der Waals surface area (Å²) in [7, 11) is 0. The summed E-state index contributed by atoms with van der Waals surface area (Å²) < 4.78 is 10.3. The molecule has 0 aliphatic rings. The second-order valence-electron chi connectivity index (χ2n) is 9.77. The van der Waals surface area contributed by atoms with Crippen LogP contribution in [-0.4, -0.2) is 31.3 Å². The maximum Gasteiger partial charge on any atom is 0.407 e. The number of alkyl carbamates (subject to hydrolysis) is 1. The van der Waals surface area contributed by atoms with Gasteiger partial charge in [-0.3, -0.25) is 0 Å². The Kier molecular flexibility index (Phi) is 17.7. The van der Waals surface area contributed by atoms with Crippen LogP contribution in [0.4, 0.5) is 4.79 Å². The quantitative estimate of drug-likeness (QED) is 0.186. The van der Waals surface area contributed by atoms with E-state index in [4.69, 9.17) is 9.47 Å². The number of hydrogen-bond acceptors (Lipinski definition) is 4. The van der Waals surface area contributed by atoms with Crippen molar-refractivity contribution in [2.45, 2.75) is 131 Å². The first-order chi connectivity index (χ1) is 14.3. The maximum atomic E-state index is 11.9. The monoisotopic (exact) mass is 427 g/mol. The van der Waals surface area contributed by atoms with Crippen LogP contribution in [0.5, 0.6) is 0 Å². The topological polar surface area (TPSA) is 64.6 Å². The normalized spacial score (nSPS) is 12.4. The van der Waals surface area contributed by atoms with Gasteiger partial charge in [0, 0.05) is 0 Å². The molecule has 0 saturated carbocycles. The third kappa shape index (κ3) is 20.0. The summed E-state index contributed by atoms with van der Waals surface area (Å²) in [4.78, 5) is 23.6. The van der Waals surface area contributed by atoms with E-state index in [0.717, 1.165) is 12.8 Å². The first kappa shape index (κ1) is 28.7. The first-order valence-corrected chi connectivity index (χ1v) is 12.4. The highest BCUT2D eigenvalue weighted by molar-refractivity contribution is 5.80. The van der Waals surface area contributed by atoms with Crippen LogP contribution in [0.2, 0.25) is 0 Å². The predicted octanol–water partition coefficient (Wildman–Crippen LogP) is 7.17. The Balaban J connectivity index is 3.45. The van der Waals surface area contributed by atoms with Crippen LogP contribution in [-0.2, 0) is 14.3 Å². The number of carbonyl (C=O) groups is 2. The summed E-state index contributed by atoms with van der Waals surface area (Å²) in [5.74, 6) is -0.405. The molecule has 0 radical (unpaired) electrons. The average Bonchev–Trinajstić information content (AvgIpc) is 2.68. The number of carbonyl (C=O) groups excluding carboxylic acids is 2. The van der Waals surface area contributed by atoms with Crippen molar-refractivity contribution in [2.75, 3.05) is 13.2 Å². The summed E-state index contributed by atoms with van der Waals surface area (Å²) in [6.45, 7) is 10.5. The van der Waals surface area contributed by atoms with Crippen molar-refractivity contribution < 1.29 is 19.1 Å². The predicted molar refractivity (Wildman–Crippen MR) is 125 cm³/mol. The van der Waals surface area contributed by atoms with E-state index < -0.39 is 18.1 Å². The molecule has 1 N–H and O–H groups in total. The molecule has 0 spiro atoms. The lowest BCUT2D eigenvalue weighted by molar-refractivity contribution is -0.145. The Labute approximate surface area is 186 Å². The maximum absolute atomic E-state index is 11.9. The number of esters is 1. The standard InChI is InChI=1S/C25H49NO4/c1-6-7-8-9-10-11-12-13-14-15-16-17-18-19-20-29-23(27)22(2)26-24(28)30-21-25(3,4)5/h22H,6-21H2,1-5H3,(H,26,28)/t22-/m0/s1. The Morgan fingerprint density at radius 1 is 0.733 bits per heavy atom. The molecule has 5 nitrogen and oxygen atoms in total. The van der Waals surface area contributed by atoms with Gasteiger partial charge in [-0.1, -0.05) is 111 Å². The molecular weight excluding hydrogens is 378 g/mol. The van der Waals surface area contributed by atoms with Gasteiger partial charge in [0.05, 0.1) is 13.2 Å². The molecular formula is C25H49NO4. The van der Waals surface area contributed by atoms with Crippen molar-refractivity contribution in [1.82, 2.24) is 5.32 Å². The Hall–Kier alpha value is -1.26. The van der Waals surface area contributed by atoms with Gasteiger partial charge in [0.15, 0.2) is 0 Å². The summed E-state index contributed by atoms with van der Waals surface area (Å²) in [6.07, 6.45) is 17.6. The molecule has 0 aliphatic heterocycles. The molecule has 0 rings (SSSR count). The average molecular weight is 428 g/mol. The van der Waals surface area contributed by atoms with E-state index in [1.807, 2.05) is 20.8 Å². The Bertz CT molecular complexity index is 431. The minimum absolute atomic E-state index is 0.102. The molecule has 0 unspecified atom stereocenters. The Morgan fingerprint density at radius 2 is 1.17 bits per heavy atom. The summed E-state index contributed by atoms with van der Waals surface area (Å²) in [5, 5.41) is 2.52. The van der Waals surface area contributed by atoms with Crippen LogP contribution in [0.15, 0.2) is 0 Å². The van der Waals surface area contributed by atoms with Gasteiger partial charge in [0.2, 0.25) is 0 Å². The third-order valence-electron chi connectivity index (χ3n) is 5.07. The van der Waals surface area contributed by atoms with Gasteiger partial charge in [0.25, 0.3) is 0 Å². The molecule has 0 aromatic rings. The largest absolute Gasteiger partial charge is 0.464 e. The van der Waals surface area contributed by atoms with Crippen molar-refractivity contribution >= 4 is 12.1 Å². The molecule has 0 saturated heterocycles. The molecule has 0 aromatic carbocycles. The zero-order valence-electron chi connectivity index (χ0n) is 20.5. The van der Waals surface area contributed by atoms with Crippen LogP contribution in [0.25, 0.3) is 0 Å². The molecule has 30 heavy (non-hydrogen) atoms. The number of hydrogen-bond donors (Lipinski definition) is 1. The molecule has 5 heteroatoms. The second-order valence-corrected chi connectivity index (χ2v) is 9.77. The lowest BCUT2D eigenvalue weighted by Crippen LogP contribution is -2.40. The van der Waals surface area contributed by atoms with Crippen LogP contribution >= 0.6 is 0 Å². The smallest absolute Gasteiger partial charge is 0.407 e. The molecule has 0 aliphatic carbocycles. The lowest BCUT2D eigenvalue weighted by atomic mass is 9.99. The number of amides is 1. The fraction of sp³-hybridized carbons (Fsp3) is 0.920. The molecule has 1 atom stereocenters. The number of rotatable bonds is 18. The van der Waals surface area contributed by atoms with Crippen LogP contribution < -0.4 is 5.32 Å². The number of ether oxygens (including phenoxy) is 2. The van der Waals surface area contributed by atoms with Crippen molar-refractivity contribution in [3.05, 3.63) is 0 Å². The van der Waals surface area contributed by atoms with Gasteiger partial charge in [-0.05, 0) is 18.8 Å². The summed E-state index contributed by atoms with van der Waals surface area (Å²) >= 11 is 0. The fourth-order valence-electron chi connectivity index (χ4n) is 3.15. The highest BCUT2D eigenvalue weighted by atomic mass is 16.6. The minimum Gasteiger partial charge on any atom is -0.464 e. The van der Waals surface area contributed by atoms with Gasteiger partial charge in [-0.2, -0.15) is 0 Å². The summed E-state index contributed by atoms with van der Waals surface area (Å²) in [6, 6.07) is -0.691. The van der Waals surface area contributed by atoms with E-state index in [9.17, 15) is 9.59 Å². The van der Waals surface area contributed by atoms with Gasteiger partial charge in [0.1, 0.15) is 6.04 Å². The van der Waals surface area contributed by atoms with E-state index in [0.29, 0.717) is 13.2 Å². The number of unbranched alkanes of at least 4 members (excludes halogenated alkanes) is 13. The zero-order valence-corrected chi connectivity index (χ0v) is 20.5. The van der Waals surface area contributed by atoms with Crippen molar-refractivity contribution in [1.29, 1.82) is 0 Å². The lowest BCUT2D eigenvalue weighted by Gasteiger charge is -2.19. The first-order valence-electron chi connectivity index (χ1n) is 12.4. The van der Waals surface area contributed by atoms with Crippen LogP contribution in [0.3, 0.4) is 0 Å². The third-order valence-corrected chi connectivity index (χ3v) is 5.07. The number of nitrogens with one attached hydrogen (secondary N) is 1. The Morgan fingerprint density at radius 3 is 1.60 bits per heavy atom. The molecule has 0 fully saturated rings. The second kappa shape index (κ2) is 18.5. The van der Waals surface area contributed by atoms with Crippen LogP contribution in [0, 0.1) is 5.41 Å². The van der Waals surface area contributed by atoms with Gasteiger partial charge in [-0.15, -0.1) is 0 Å². The molecule has 1 amide bonds. The van der Waals surface area contributed by atoms with Crippen molar-refractivity contribution in [2.24, 2.45) is 5.41 Å². The van der Waals surface area contributed by atoms with Crippen molar-refractivity contribution in [3.8, 4) is 0 Å². The van der Waals surface area contributed by atoms with E-state index >= 15 is 0 Å². The molecule has 178 valence electrons. The zero-order chi connectivity index (χ0) is 22.7. The molecule has 0 heterocycles. The highest BCUT2D eigenvalue weighted by Crippen LogP contribution is 2.14. The van der Waals surface area contributed by atoms with E-state index in [-0.39, 0.29) is 5.41 Å². The fourth-order valence-corrected chi connectivity index (χ4v) is 3.15. The minimum atomic E-state index is -0.691. The van der Waals surface area contributed by atoms with E-state index in [1.54, 1.807) is 6.92 Å². The highest BCUT2D eigenvalue weighted by Gasteiger charge is 2.19.